The van der Waals surface area contributed by atoms with E-state index >= 15 is 0 Å². The first-order valence-corrected chi connectivity index (χ1v) is 5.47. The molecule has 2 rings (SSSR count). The third kappa shape index (κ3) is 2.76. The van der Waals surface area contributed by atoms with Crippen molar-refractivity contribution in [2.75, 3.05) is 6.61 Å². The molecule has 17 heavy (non-hydrogen) atoms. The molecule has 1 aromatic carbocycles. The summed E-state index contributed by atoms with van der Waals surface area (Å²) in [4.78, 5) is 0. The molecule has 5 heteroatoms. The summed E-state index contributed by atoms with van der Waals surface area (Å²) in [7, 11) is 0. The maximum absolute atomic E-state index is 9.68. The molecule has 1 aliphatic rings. The molecule has 0 bridgehead atoms. The molecule has 94 valence electrons. The molecule has 1 saturated heterocycles. The first-order chi connectivity index (χ1) is 8.08. The molecular weight excluding hydrogens is 224 g/mol. The van der Waals surface area contributed by atoms with Crippen molar-refractivity contribution in [1.29, 1.82) is 0 Å². The van der Waals surface area contributed by atoms with Crippen molar-refractivity contribution in [3.8, 4) is 5.75 Å². The molecule has 0 aromatic heterocycles. The zero-order chi connectivity index (χ0) is 12.4. The Labute approximate surface area is 99.2 Å². The molecule has 0 spiro atoms. The third-order valence-electron chi connectivity index (χ3n) is 2.70. The van der Waals surface area contributed by atoms with Crippen LogP contribution in [0.25, 0.3) is 0 Å². The lowest BCUT2D eigenvalue weighted by Crippen LogP contribution is -2.54. The number of benzene rings is 1. The van der Waals surface area contributed by atoms with Crippen LogP contribution in [0.5, 0.6) is 5.75 Å². The van der Waals surface area contributed by atoms with Gasteiger partial charge in [0.1, 0.15) is 24.1 Å². The Morgan fingerprint density at radius 2 is 2.00 bits per heavy atom. The van der Waals surface area contributed by atoms with Gasteiger partial charge in [0.15, 0.2) is 0 Å². The van der Waals surface area contributed by atoms with E-state index in [0.29, 0.717) is 5.75 Å². The van der Waals surface area contributed by atoms with E-state index in [4.69, 9.17) is 9.47 Å². The lowest BCUT2D eigenvalue weighted by atomic mass is 10.1. The summed E-state index contributed by atoms with van der Waals surface area (Å²) in [5.41, 5.74) is 1.02. The lowest BCUT2D eigenvalue weighted by Gasteiger charge is -2.34. The molecule has 1 aromatic rings. The average Bonchev–Trinajstić information content (AvgIpc) is 2.30. The molecule has 0 saturated carbocycles. The van der Waals surface area contributed by atoms with Gasteiger partial charge in [-0.15, -0.1) is 0 Å². The van der Waals surface area contributed by atoms with Crippen LogP contribution in [0.3, 0.4) is 0 Å². The highest BCUT2D eigenvalue weighted by Gasteiger charge is 2.38. The number of hydrogen-bond donors (Lipinski definition) is 3. The van der Waals surface area contributed by atoms with E-state index < -0.39 is 24.6 Å². The van der Waals surface area contributed by atoms with E-state index in [-0.39, 0.29) is 6.61 Å². The van der Waals surface area contributed by atoms with Gasteiger partial charge < -0.3 is 24.8 Å². The minimum Gasteiger partial charge on any atom is -0.462 e. The van der Waals surface area contributed by atoms with E-state index in [0.717, 1.165) is 5.56 Å². The molecular formula is C12H16O5. The number of ether oxygens (including phenoxy) is 2. The lowest BCUT2D eigenvalue weighted by molar-refractivity contribution is -0.242. The molecule has 0 unspecified atom stereocenters. The van der Waals surface area contributed by atoms with Crippen LogP contribution in [0.15, 0.2) is 24.3 Å². The van der Waals surface area contributed by atoms with Gasteiger partial charge in [-0.05, 0) is 24.6 Å². The topological polar surface area (TPSA) is 79.2 Å². The van der Waals surface area contributed by atoms with Gasteiger partial charge in [0, 0.05) is 0 Å². The van der Waals surface area contributed by atoms with Crippen molar-refractivity contribution in [1.82, 2.24) is 0 Å². The highest BCUT2D eigenvalue weighted by atomic mass is 16.7. The predicted octanol–water partition coefficient (Wildman–Crippen LogP) is -0.187. The van der Waals surface area contributed by atoms with Gasteiger partial charge in [-0.1, -0.05) is 12.1 Å². The smallest absolute Gasteiger partial charge is 0.228 e. The van der Waals surface area contributed by atoms with Crippen molar-refractivity contribution in [2.45, 2.75) is 31.5 Å². The van der Waals surface area contributed by atoms with Crippen LogP contribution in [0.2, 0.25) is 0 Å². The molecule has 1 fully saturated rings. The Balaban J connectivity index is 2.04. The van der Waals surface area contributed by atoms with Crippen molar-refractivity contribution in [2.24, 2.45) is 0 Å². The van der Waals surface area contributed by atoms with E-state index in [9.17, 15) is 15.3 Å². The van der Waals surface area contributed by atoms with Gasteiger partial charge in [-0.25, -0.2) is 0 Å². The SMILES string of the molecule is Cc1cccc(O[C@H]2OC[C@H](O)[C@@H](O)[C@@H]2O)c1. The molecule has 1 heterocycles. The Morgan fingerprint density at radius 3 is 2.71 bits per heavy atom. The second-order valence-electron chi connectivity index (χ2n) is 4.18. The van der Waals surface area contributed by atoms with Crippen LogP contribution in [0.4, 0.5) is 0 Å². The number of aliphatic hydroxyl groups is 3. The summed E-state index contributed by atoms with van der Waals surface area (Å²) in [6.07, 6.45) is -4.56. The van der Waals surface area contributed by atoms with E-state index in [2.05, 4.69) is 0 Å². The summed E-state index contributed by atoms with van der Waals surface area (Å²) in [5, 5.41) is 28.5. The molecule has 0 amide bonds. The second-order valence-corrected chi connectivity index (χ2v) is 4.18. The summed E-state index contributed by atoms with van der Waals surface area (Å²) in [6.45, 7) is 1.86. The Hall–Kier alpha value is -1.14. The van der Waals surface area contributed by atoms with Crippen LogP contribution < -0.4 is 4.74 Å². The zero-order valence-electron chi connectivity index (χ0n) is 9.48. The first kappa shape index (κ1) is 12.3. The van der Waals surface area contributed by atoms with Crippen LogP contribution in [-0.4, -0.2) is 46.5 Å². The molecule has 4 atom stereocenters. The number of rotatable bonds is 2. The number of hydrogen-bond acceptors (Lipinski definition) is 5. The zero-order valence-corrected chi connectivity index (χ0v) is 9.48. The molecule has 5 nitrogen and oxygen atoms in total. The summed E-state index contributed by atoms with van der Waals surface area (Å²) in [6, 6.07) is 7.28. The molecule has 3 N–H and O–H groups in total. The fourth-order valence-electron chi connectivity index (χ4n) is 1.71. The summed E-state index contributed by atoms with van der Waals surface area (Å²) >= 11 is 0. The van der Waals surface area contributed by atoms with Crippen LogP contribution in [0, 0.1) is 6.92 Å². The first-order valence-electron chi connectivity index (χ1n) is 5.47. The minimum atomic E-state index is -1.26. The summed E-state index contributed by atoms with van der Waals surface area (Å²) in [5.74, 6) is 0.553. The normalized spacial score (nSPS) is 33.4. The van der Waals surface area contributed by atoms with Gasteiger partial charge in [0.25, 0.3) is 0 Å². The van der Waals surface area contributed by atoms with E-state index in [1.54, 1.807) is 12.1 Å². The Bertz CT molecular complexity index is 381. The van der Waals surface area contributed by atoms with E-state index in [1.807, 2.05) is 19.1 Å². The fourth-order valence-corrected chi connectivity index (χ4v) is 1.71. The number of aryl methyl sites for hydroxylation is 1. The minimum absolute atomic E-state index is 0.0608. The quantitative estimate of drug-likeness (QED) is 0.668. The van der Waals surface area contributed by atoms with Crippen molar-refractivity contribution in [3.05, 3.63) is 29.8 Å². The predicted molar refractivity (Wildman–Crippen MR) is 59.6 cm³/mol. The second kappa shape index (κ2) is 5.01. The number of aliphatic hydroxyl groups excluding tert-OH is 3. The fraction of sp³-hybridized carbons (Fsp3) is 0.500. The average molecular weight is 240 g/mol. The highest BCUT2D eigenvalue weighted by Crippen LogP contribution is 2.21. The molecule has 1 aliphatic heterocycles. The van der Waals surface area contributed by atoms with Crippen molar-refractivity contribution in [3.63, 3.8) is 0 Å². The van der Waals surface area contributed by atoms with Crippen molar-refractivity contribution >= 4 is 0 Å². The Kier molecular flexibility index (Phi) is 3.63. The van der Waals surface area contributed by atoms with Crippen molar-refractivity contribution < 1.29 is 24.8 Å². The van der Waals surface area contributed by atoms with Crippen LogP contribution in [-0.2, 0) is 4.74 Å². The van der Waals surface area contributed by atoms with Gasteiger partial charge in [-0.2, -0.15) is 0 Å². The maximum Gasteiger partial charge on any atom is 0.228 e. The monoisotopic (exact) mass is 240 g/mol. The maximum atomic E-state index is 9.68. The molecule has 0 aliphatic carbocycles. The van der Waals surface area contributed by atoms with Gasteiger partial charge in [0.05, 0.1) is 6.61 Å². The third-order valence-corrected chi connectivity index (χ3v) is 2.70. The molecule has 0 radical (unpaired) electrons. The van der Waals surface area contributed by atoms with E-state index in [1.165, 1.54) is 0 Å². The largest absolute Gasteiger partial charge is 0.462 e. The van der Waals surface area contributed by atoms with Crippen LogP contribution in [0.1, 0.15) is 5.56 Å². The van der Waals surface area contributed by atoms with Gasteiger partial charge >= 0.3 is 0 Å². The standard InChI is InChI=1S/C12H16O5/c1-7-3-2-4-8(5-7)17-12-11(15)10(14)9(13)6-16-12/h2-5,9-15H,6H2,1H3/t9-,10+,11-,12+/m0/s1. The van der Waals surface area contributed by atoms with Gasteiger partial charge in [0.2, 0.25) is 6.29 Å². The highest BCUT2D eigenvalue weighted by molar-refractivity contribution is 5.27. The van der Waals surface area contributed by atoms with Crippen LogP contribution >= 0.6 is 0 Å². The van der Waals surface area contributed by atoms with Gasteiger partial charge in [-0.3, -0.25) is 0 Å². The summed E-state index contributed by atoms with van der Waals surface area (Å²) < 4.78 is 10.6. The Morgan fingerprint density at radius 1 is 1.24 bits per heavy atom.